The van der Waals surface area contributed by atoms with E-state index in [0.717, 1.165) is 16.7 Å². The van der Waals surface area contributed by atoms with Crippen LogP contribution in [0.4, 0.5) is 11.6 Å². The van der Waals surface area contributed by atoms with Gasteiger partial charge in [0.15, 0.2) is 0 Å². The summed E-state index contributed by atoms with van der Waals surface area (Å²) in [5, 5.41) is 3.24. The van der Waals surface area contributed by atoms with Gasteiger partial charge in [-0.3, -0.25) is 0 Å². The maximum absolute atomic E-state index is 11.6. The lowest BCUT2D eigenvalue weighted by Gasteiger charge is -2.07. The van der Waals surface area contributed by atoms with Crippen molar-refractivity contribution in [3.05, 3.63) is 53.6 Å². The first kappa shape index (κ1) is 15.1. The van der Waals surface area contributed by atoms with Gasteiger partial charge in [0.2, 0.25) is 5.95 Å². The lowest BCUT2D eigenvalue weighted by molar-refractivity contribution is 0.0601. The Balaban J connectivity index is 1.84. The number of nitrogens with one attached hydrogen (secondary N) is 2. The van der Waals surface area contributed by atoms with E-state index in [9.17, 15) is 4.79 Å². The molecule has 0 unspecified atom stereocenters. The largest absolute Gasteiger partial charge is 0.465 e. The maximum Gasteiger partial charge on any atom is 0.337 e. The molecule has 0 bridgehead atoms. The molecule has 3 aromatic rings. The lowest BCUT2D eigenvalue weighted by Crippen LogP contribution is -2.00. The third-order valence-corrected chi connectivity index (χ3v) is 3.74. The molecular weight excluding hydrogens is 290 g/mol. The zero-order valence-corrected chi connectivity index (χ0v) is 13.4. The molecule has 2 N–H and O–H groups in total. The van der Waals surface area contributed by atoms with Crippen molar-refractivity contribution in [3.8, 4) is 0 Å². The van der Waals surface area contributed by atoms with E-state index in [1.165, 1.54) is 12.7 Å². The lowest BCUT2D eigenvalue weighted by atomic mass is 10.0. The van der Waals surface area contributed by atoms with Crippen LogP contribution in [0.3, 0.4) is 0 Å². The maximum atomic E-state index is 11.6. The number of anilines is 2. The molecule has 0 radical (unpaired) electrons. The molecule has 0 saturated heterocycles. The zero-order chi connectivity index (χ0) is 16.4. The second-order valence-electron chi connectivity index (χ2n) is 5.71. The van der Waals surface area contributed by atoms with Crippen LogP contribution in [0.15, 0.2) is 42.5 Å². The van der Waals surface area contributed by atoms with Gasteiger partial charge in [-0.2, -0.15) is 0 Å². The Labute approximate surface area is 134 Å². The molecule has 23 heavy (non-hydrogen) atoms. The first-order valence-electron chi connectivity index (χ1n) is 7.52. The fourth-order valence-electron chi connectivity index (χ4n) is 2.40. The van der Waals surface area contributed by atoms with E-state index in [1.54, 1.807) is 18.2 Å². The Hall–Kier alpha value is -2.82. The van der Waals surface area contributed by atoms with Gasteiger partial charge in [-0.1, -0.05) is 26.0 Å². The summed E-state index contributed by atoms with van der Waals surface area (Å²) in [5.74, 6) is 0.784. The van der Waals surface area contributed by atoms with Crippen LogP contribution in [-0.2, 0) is 4.74 Å². The van der Waals surface area contributed by atoms with Crippen molar-refractivity contribution in [1.29, 1.82) is 0 Å². The Morgan fingerprint density at radius 2 is 1.91 bits per heavy atom. The minimum atomic E-state index is -0.361. The number of aromatic nitrogens is 2. The van der Waals surface area contributed by atoms with Gasteiger partial charge >= 0.3 is 5.97 Å². The van der Waals surface area contributed by atoms with Crippen LogP contribution in [0.1, 0.15) is 35.7 Å². The first-order valence-corrected chi connectivity index (χ1v) is 7.52. The predicted octanol–water partition coefficient (Wildman–Crippen LogP) is 4.22. The van der Waals surface area contributed by atoms with Crippen molar-refractivity contribution < 1.29 is 9.53 Å². The Morgan fingerprint density at radius 1 is 1.17 bits per heavy atom. The summed E-state index contributed by atoms with van der Waals surface area (Å²) < 4.78 is 4.73. The number of hydrogen-bond acceptors (Lipinski definition) is 4. The number of hydrogen-bond donors (Lipinski definition) is 2. The van der Waals surface area contributed by atoms with Gasteiger partial charge < -0.3 is 15.0 Å². The molecular formula is C18H19N3O2. The van der Waals surface area contributed by atoms with Crippen molar-refractivity contribution in [2.45, 2.75) is 19.8 Å². The normalized spacial score (nSPS) is 11.0. The minimum absolute atomic E-state index is 0.361. The monoisotopic (exact) mass is 309 g/mol. The number of imidazole rings is 1. The van der Waals surface area contributed by atoms with Crippen LogP contribution in [0.25, 0.3) is 11.0 Å². The van der Waals surface area contributed by atoms with Gasteiger partial charge in [-0.25, -0.2) is 9.78 Å². The molecule has 0 aliphatic rings. The summed E-state index contributed by atoms with van der Waals surface area (Å²) in [6.45, 7) is 4.33. The van der Waals surface area contributed by atoms with E-state index in [1.807, 2.05) is 12.1 Å². The van der Waals surface area contributed by atoms with E-state index < -0.39 is 0 Å². The number of rotatable bonds is 4. The third kappa shape index (κ3) is 3.18. The van der Waals surface area contributed by atoms with Crippen LogP contribution in [0.5, 0.6) is 0 Å². The Morgan fingerprint density at radius 3 is 2.57 bits per heavy atom. The molecule has 3 rings (SSSR count). The molecule has 0 fully saturated rings. The fourth-order valence-corrected chi connectivity index (χ4v) is 2.40. The summed E-state index contributed by atoms with van der Waals surface area (Å²) >= 11 is 0. The number of methoxy groups -OCH3 is 1. The number of carbonyl (C=O) groups excluding carboxylic acids is 1. The number of carbonyl (C=O) groups is 1. The van der Waals surface area contributed by atoms with Crippen molar-refractivity contribution >= 4 is 28.6 Å². The molecule has 1 heterocycles. The molecule has 0 spiro atoms. The van der Waals surface area contributed by atoms with E-state index in [2.05, 4.69) is 41.3 Å². The molecule has 5 nitrogen and oxygen atoms in total. The van der Waals surface area contributed by atoms with E-state index in [-0.39, 0.29) is 5.97 Å². The van der Waals surface area contributed by atoms with Crippen molar-refractivity contribution in [1.82, 2.24) is 9.97 Å². The summed E-state index contributed by atoms with van der Waals surface area (Å²) in [6, 6.07) is 13.5. The highest BCUT2D eigenvalue weighted by Gasteiger charge is 2.09. The molecule has 0 aliphatic carbocycles. The van der Waals surface area contributed by atoms with Gasteiger partial charge in [0, 0.05) is 5.69 Å². The first-order chi connectivity index (χ1) is 11.1. The number of ether oxygens (including phenoxy) is 1. The highest BCUT2D eigenvalue weighted by molar-refractivity contribution is 5.94. The SMILES string of the molecule is COC(=O)c1ccc2nc(Nc3ccc(C(C)C)cc3)[nH]c2c1. The number of nitrogens with zero attached hydrogens (tertiary/aromatic N) is 1. The molecule has 118 valence electrons. The molecule has 0 aliphatic heterocycles. The molecule has 5 heteroatoms. The van der Waals surface area contributed by atoms with Crippen molar-refractivity contribution in [2.24, 2.45) is 0 Å². The average molecular weight is 309 g/mol. The third-order valence-electron chi connectivity index (χ3n) is 3.74. The predicted molar refractivity (Wildman–Crippen MR) is 91.2 cm³/mol. The number of benzene rings is 2. The van der Waals surface area contributed by atoms with Gasteiger partial charge in [-0.15, -0.1) is 0 Å². The van der Waals surface area contributed by atoms with Gasteiger partial charge in [0.1, 0.15) is 0 Å². The van der Waals surface area contributed by atoms with Crippen LogP contribution >= 0.6 is 0 Å². The molecule has 0 atom stereocenters. The number of esters is 1. The number of aromatic amines is 1. The topological polar surface area (TPSA) is 67.0 Å². The van der Waals surface area contributed by atoms with Crippen LogP contribution < -0.4 is 5.32 Å². The summed E-state index contributed by atoms with van der Waals surface area (Å²) in [5.41, 5.74) is 4.33. The summed E-state index contributed by atoms with van der Waals surface area (Å²) in [7, 11) is 1.37. The van der Waals surface area contributed by atoms with Gasteiger partial charge in [0.25, 0.3) is 0 Å². The van der Waals surface area contributed by atoms with Crippen molar-refractivity contribution in [3.63, 3.8) is 0 Å². The molecule has 0 amide bonds. The standard InChI is InChI=1S/C18H19N3O2/c1-11(2)12-4-7-14(8-5-12)19-18-20-15-9-6-13(17(22)23-3)10-16(15)21-18/h4-11H,1-3H3,(H2,19,20,21). The second kappa shape index (κ2) is 6.12. The van der Waals surface area contributed by atoms with E-state index in [4.69, 9.17) is 4.74 Å². The number of fused-ring (bicyclic) bond motifs is 1. The molecule has 1 aromatic heterocycles. The second-order valence-corrected chi connectivity index (χ2v) is 5.71. The molecule has 0 saturated carbocycles. The fraction of sp³-hybridized carbons (Fsp3) is 0.222. The smallest absolute Gasteiger partial charge is 0.337 e. The Kier molecular flexibility index (Phi) is 4.02. The van der Waals surface area contributed by atoms with Gasteiger partial charge in [0.05, 0.1) is 23.7 Å². The highest BCUT2D eigenvalue weighted by atomic mass is 16.5. The van der Waals surface area contributed by atoms with Crippen molar-refractivity contribution in [2.75, 3.05) is 12.4 Å². The minimum Gasteiger partial charge on any atom is -0.465 e. The highest BCUT2D eigenvalue weighted by Crippen LogP contribution is 2.22. The zero-order valence-electron chi connectivity index (χ0n) is 13.4. The van der Waals surface area contributed by atoms with Gasteiger partial charge in [-0.05, 0) is 41.8 Å². The number of H-pyrrole nitrogens is 1. The van der Waals surface area contributed by atoms with E-state index >= 15 is 0 Å². The summed E-state index contributed by atoms with van der Waals surface area (Å²) in [6.07, 6.45) is 0. The van der Waals surface area contributed by atoms with Crippen LogP contribution in [0.2, 0.25) is 0 Å². The van der Waals surface area contributed by atoms with Crippen LogP contribution in [-0.4, -0.2) is 23.0 Å². The Bertz CT molecular complexity index is 835. The summed E-state index contributed by atoms with van der Waals surface area (Å²) in [4.78, 5) is 19.2. The van der Waals surface area contributed by atoms with Crippen LogP contribution in [0, 0.1) is 0 Å². The van der Waals surface area contributed by atoms with E-state index in [0.29, 0.717) is 17.4 Å². The quantitative estimate of drug-likeness (QED) is 0.708. The average Bonchev–Trinajstić information content (AvgIpc) is 2.95. The molecule has 2 aromatic carbocycles.